The van der Waals surface area contributed by atoms with E-state index in [2.05, 4.69) is 37.9 Å². The number of halogens is 1. The first-order valence-corrected chi connectivity index (χ1v) is 7.61. The van der Waals surface area contributed by atoms with E-state index in [1.54, 1.807) is 7.11 Å². The fraction of sp³-hybridized carbons (Fsp3) is 0.533. The Morgan fingerprint density at radius 1 is 1.35 bits per heavy atom. The lowest BCUT2D eigenvalue weighted by molar-refractivity contribution is 0.114. The SMILES string of the molecule is COc1ccc(Br)cc1CN1CCN(C(C)C#N)CC1. The summed E-state index contributed by atoms with van der Waals surface area (Å²) in [6.45, 7) is 6.73. The molecule has 0 amide bonds. The van der Waals surface area contributed by atoms with E-state index in [0.29, 0.717) is 0 Å². The van der Waals surface area contributed by atoms with Crippen LogP contribution in [0, 0.1) is 11.3 Å². The zero-order chi connectivity index (χ0) is 14.5. The van der Waals surface area contributed by atoms with Crippen molar-refractivity contribution in [1.29, 1.82) is 5.26 Å². The largest absolute Gasteiger partial charge is 0.496 e. The quantitative estimate of drug-likeness (QED) is 0.846. The minimum atomic E-state index is 0.0116. The normalized spacial score (nSPS) is 18.5. The smallest absolute Gasteiger partial charge is 0.123 e. The number of ether oxygens (including phenoxy) is 1. The molecule has 0 N–H and O–H groups in total. The van der Waals surface area contributed by atoms with Gasteiger partial charge in [0.05, 0.1) is 19.2 Å². The summed E-state index contributed by atoms with van der Waals surface area (Å²) in [5.74, 6) is 0.932. The molecular weight excluding hydrogens is 318 g/mol. The first-order valence-electron chi connectivity index (χ1n) is 6.82. The molecule has 1 atom stereocenters. The van der Waals surface area contributed by atoms with Gasteiger partial charge in [0.25, 0.3) is 0 Å². The summed E-state index contributed by atoms with van der Waals surface area (Å²) in [6, 6.07) is 8.42. The van der Waals surface area contributed by atoms with Crippen LogP contribution in [0.1, 0.15) is 12.5 Å². The molecule has 0 aromatic heterocycles. The molecule has 0 spiro atoms. The van der Waals surface area contributed by atoms with E-state index in [4.69, 9.17) is 10.00 Å². The molecular formula is C15H20BrN3O. The van der Waals surface area contributed by atoms with Crippen LogP contribution in [0.2, 0.25) is 0 Å². The van der Waals surface area contributed by atoms with E-state index in [1.807, 2.05) is 19.1 Å². The van der Waals surface area contributed by atoms with Gasteiger partial charge in [-0.1, -0.05) is 15.9 Å². The second-order valence-corrected chi connectivity index (χ2v) is 5.99. The zero-order valence-corrected chi connectivity index (χ0v) is 13.6. The molecule has 1 unspecified atom stereocenters. The van der Waals surface area contributed by atoms with Gasteiger partial charge in [-0.25, -0.2) is 0 Å². The number of nitrogens with zero attached hydrogens (tertiary/aromatic N) is 3. The average molecular weight is 338 g/mol. The molecule has 0 radical (unpaired) electrons. The molecule has 0 saturated carbocycles. The monoisotopic (exact) mass is 337 g/mol. The van der Waals surface area contributed by atoms with Crippen molar-refractivity contribution < 1.29 is 4.74 Å². The van der Waals surface area contributed by atoms with Crippen LogP contribution in [0.3, 0.4) is 0 Å². The van der Waals surface area contributed by atoms with Crippen molar-refractivity contribution >= 4 is 15.9 Å². The maximum Gasteiger partial charge on any atom is 0.123 e. The van der Waals surface area contributed by atoms with Crippen LogP contribution in [0.4, 0.5) is 0 Å². The zero-order valence-electron chi connectivity index (χ0n) is 12.0. The Hall–Kier alpha value is -1.09. The summed E-state index contributed by atoms with van der Waals surface area (Å²) in [6.07, 6.45) is 0. The second-order valence-electron chi connectivity index (χ2n) is 5.07. The van der Waals surface area contributed by atoms with E-state index in [-0.39, 0.29) is 6.04 Å². The number of nitriles is 1. The number of piperazine rings is 1. The standard InChI is InChI=1S/C15H20BrN3O/c1-12(10-17)19-7-5-18(6-8-19)11-13-9-14(16)3-4-15(13)20-2/h3-4,9,12H,5-8,11H2,1-2H3. The van der Waals surface area contributed by atoms with Crippen LogP contribution in [-0.2, 0) is 6.54 Å². The summed E-state index contributed by atoms with van der Waals surface area (Å²) in [5, 5.41) is 8.96. The maximum absolute atomic E-state index is 8.96. The third-order valence-corrected chi connectivity index (χ3v) is 4.27. The van der Waals surface area contributed by atoms with Crippen molar-refractivity contribution in [3.8, 4) is 11.8 Å². The predicted molar refractivity (Wildman–Crippen MR) is 82.6 cm³/mol. The van der Waals surface area contributed by atoms with E-state index < -0.39 is 0 Å². The molecule has 0 aliphatic carbocycles. The van der Waals surface area contributed by atoms with Crippen molar-refractivity contribution in [3.63, 3.8) is 0 Å². The summed E-state index contributed by atoms with van der Waals surface area (Å²) in [5.41, 5.74) is 1.20. The number of benzene rings is 1. The minimum Gasteiger partial charge on any atom is -0.496 e. The molecule has 108 valence electrons. The molecule has 1 saturated heterocycles. The van der Waals surface area contributed by atoms with Crippen molar-refractivity contribution in [2.75, 3.05) is 33.3 Å². The fourth-order valence-electron chi connectivity index (χ4n) is 2.50. The van der Waals surface area contributed by atoms with Crippen LogP contribution >= 0.6 is 15.9 Å². The van der Waals surface area contributed by atoms with Gasteiger partial charge in [-0.05, 0) is 25.1 Å². The molecule has 1 aromatic carbocycles. The van der Waals surface area contributed by atoms with E-state index in [0.717, 1.165) is 42.9 Å². The molecule has 5 heteroatoms. The Balaban J connectivity index is 1.96. The van der Waals surface area contributed by atoms with Crippen molar-refractivity contribution in [2.24, 2.45) is 0 Å². The van der Waals surface area contributed by atoms with E-state index in [9.17, 15) is 0 Å². The Morgan fingerprint density at radius 2 is 2.05 bits per heavy atom. The Labute approximate surface area is 129 Å². The Morgan fingerprint density at radius 3 is 2.65 bits per heavy atom. The van der Waals surface area contributed by atoms with Crippen LogP contribution in [-0.4, -0.2) is 49.1 Å². The van der Waals surface area contributed by atoms with Crippen molar-refractivity contribution in [2.45, 2.75) is 19.5 Å². The van der Waals surface area contributed by atoms with Gasteiger partial charge in [0.2, 0.25) is 0 Å². The van der Waals surface area contributed by atoms with Gasteiger partial charge in [-0.3, -0.25) is 9.80 Å². The van der Waals surface area contributed by atoms with Gasteiger partial charge in [0.15, 0.2) is 0 Å². The number of hydrogen-bond acceptors (Lipinski definition) is 4. The topological polar surface area (TPSA) is 39.5 Å². The highest BCUT2D eigenvalue weighted by Gasteiger charge is 2.21. The minimum absolute atomic E-state index is 0.0116. The lowest BCUT2D eigenvalue weighted by Crippen LogP contribution is -2.48. The molecule has 1 fully saturated rings. The highest BCUT2D eigenvalue weighted by molar-refractivity contribution is 9.10. The Kier molecular flexibility index (Phi) is 5.41. The predicted octanol–water partition coefficient (Wildman–Crippen LogP) is 2.49. The molecule has 2 rings (SSSR count). The molecule has 4 nitrogen and oxygen atoms in total. The van der Waals surface area contributed by atoms with Gasteiger partial charge in [0.1, 0.15) is 5.75 Å². The Bertz CT molecular complexity index is 492. The third kappa shape index (κ3) is 3.72. The average Bonchev–Trinajstić information content (AvgIpc) is 2.47. The summed E-state index contributed by atoms with van der Waals surface area (Å²) in [7, 11) is 1.71. The first-order chi connectivity index (χ1) is 9.63. The highest BCUT2D eigenvalue weighted by Crippen LogP contribution is 2.24. The van der Waals surface area contributed by atoms with Crippen molar-refractivity contribution in [1.82, 2.24) is 9.80 Å². The lowest BCUT2D eigenvalue weighted by atomic mass is 10.1. The summed E-state index contributed by atoms with van der Waals surface area (Å²) < 4.78 is 6.49. The fourth-order valence-corrected chi connectivity index (χ4v) is 2.91. The van der Waals surface area contributed by atoms with Crippen molar-refractivity contribution in [3.05, 3.63) is 28.2 Å². The van der Waals surface area contributed by atoms with Crippen LogP contribution in [0.5, 0.6) is 5.75 Å². The molecule has 1 aliphatic heterocycles. The number of rotatable bonds is 4. The van der Waals surface area contributed by atoms with Crippen LogP contribution in [0.25, 0.3) is 0 Å². The second kappa shape index (κ2) is 7.07. The highest BCUT2D eigenvalue weighted by atomic mass is 79.9. The lowest BCUT2D eigenvalue weighted by Gasteiger charge is -2.36. The van der Waals surface area contributed by atoms with Crippen LogP contribution < -0.4 is 4.74 Å². The molecule has 1 aromatic rings. The van der Waals surface area contributed by atoms with Gasteiger partial charge < -0.3 is 4.74 Å². The van der Waals surface area contributed by atoms with Gasteiger partial charge >= 0.3 is 0 Å². The molecule has 0 bridgehead atoms. The van der Waals surface area contributed by atoms with Crippen LogP contribution in [0.15, 0.2) is 22.7 Å². The molecule has 20 heavy (non-hydrogen) atoms. The third-order valence-electron chi connectivity index (χ3n) is 3.78. The summed E-state index contributed by atoms with van der Waals surface area (Å²) >= 11 is 3.51. The maximum atomic E-state index is 8.96. The number of methoxy groups -OCH3 is 1. The first kappa shape index (κ1) is 15.3. The van der Waals surface area contributed by atoms with E-state index in [1.165, 1.54) is 5.56 Å². The van der Waals surface area contributed by atoms with E-state index >= 15 is 0 Å². The molecule has 1 heterocycles. The van der Waals surface area contributed by atoms with Gasteiger partial charge in [-0.15, -0.1) is 0 Å². The number of hydrogen-bond donors (Lipinski definition) is 0. The molecule has 1 aliphatic rings. The van der Waals surface area contributed by atoms with Gasteiger partial charge in [0, 0.05) is 42.8 Å². The summed E-state index contributed by atoms with van der Waals surface area (Å²) in [4.78, 5) is 4.64. The van der Waals surface area contributed by atoms with Gasteiger partial charge in [-0.2, -0.15) is 5.26 Å².